The van der Waals surface area contributed by atoms with Gasteiger partial charge in [-0.3, -0.25) is 0 Å². The SMILES string of the molecule is CN(c1ccnc(Cl)c1)c1ccccc1F. The topological polar surface area (TPSA) is 16.1 Å². The minimum atomic E-state index is -0.266. The van der Waals surface area contributed by atoms with E-state index in [4.69, 9.17) is 11.6 Å². The number of nitrogens with zero attached hydrogens (tertiary/aromatic N) is 2. The van der Waals surface area contributed by atoms with E-state index in [-0.39, 0.29) is 5.82 Å². The van der Waals surface area contributed by atoms with Crippen LogP contribution < -0.4 is 4.90 Å². The maximum atomic E-state index is 13.5. The number of hydrogen-bond donors (Lipinski definition) is 0. The van der Waals surface area contributed by atoms with E-state index < -0.39 is 0 Å². The summed E-state index contributed by atoms with van der Waals surface area (Å²) in [5, 5.41) is 0.390. The van der Waals surface area contributed by atoms with E-state index in [2.05, 4.69) is 4.98 Å². The zero-order chi connectivity index (χ0) is 11.5. The van der Waals surface area contributed by atoms with Crippen LogP contribution in [-0.4, -0.2) is 12.0 Å². The lowest BCUT2D eigenvalue weighted by atomic mass is 10.2. The van der Waals surface area contributed by atoms with E-state index in [0.29, 0.717) is 10.8 Å². The molecule has 0 N–H and O–H groups in total. The van der Waals surface area contributed by atoms with Crippen LogP contribution in [0.5, 0.6) is 0 Å². The van der Waals surface area contributed by atoms with Crippen molar-refractivity contribution in [3.05, 3.63) is 53.6 Å². The molecule has 82 valence electrons. The summed E-state index contributed by atoms with van der Waals surface area (Å²) in [6.07, 6.45) is 1.59. The Kier molecular flexibility index (Phi) is 3.06. The number of para-hydroxylation sites is 1. The van der Waals surface area contributed by atoms with Crippen LogP contribution in [0.4, 0.5) is 15.8 Å². The number of hydrogen-bond acceptors (Lipinski definition) is 2. The van der Waals surface area contributed by atoms with Crippen LogP contribution in [0.15, 0.2) is 42.6 Å². The predicted molar refractivity (Wildman–Crippen MR) is 63.7 cm³/mol. The second-order valence-electron chi connectivity index (χ2n) is 3.35. The molecule has 0 amide bonds. The van der Waals surface area contributed by atoms with Crippen molar-refractivity contribution in [1.82, 2.24) is 4.98 Å². The van der Waals surface area contributed by atoms with E-state index in [1.807, 2.05) is 0 Å². The van der Waals surface area contributed by atoms with E-state index in [1.165, 1.54) is 6.07 Å². The fourth-order valence-corrected chi connectivity index (χ4v) is 1.63. The molecular weight excluding hydrogens is 227 g/mol. The van der Waals surface area contributed by atoms with Crippen molar-refractivity contribution in [2.75, 3.05) is 11.9 Å². The van der Waals surface area contributed by atoms with Gasteiger partial charge in [0, 0.05) is 18.9 Å². The van der Waals surface area contributed by atoms with Crippen LogP contribution in [0.2, 0.25) is 5.15 Å². The van der Waals surface area contributed by atoms with Gasteiger partial charge in [-0.2, -0.15) is 0 Å². The summed E-state index contributed by atoms with van der Waals surface area (Å²) in [4.78, 5) is 5.61. The van der Waals surface area contributed by atoms with Crippen molar-refractivity contribution in [3.63, 3.8) is 0 Å². The molecule has 4 heteroatoms. The fourth-order valence-electron chi connectivity index (χ4n) is 1.46. The van der Waals surface area contributed by atoms with Crippen LogP contribution >= 0.6 is 11.6 Å². The maximum absolute atomic E-state index is 13.5. The highest BCUT2D eigenvalue weighted by atomic mass is 35.5. The molecule has 0 radical (unpaired) electrons. The summed E-state index contributed by atoms with van der Waals surface area (Å²) in [5.74, 6) is -0.266. The summed E-state index contributed by atoms with van der Waals surface area (Å²) in [7, 11) is 1.78. The Labute approximate surface area is 98.3 Å². The van der Waals surface area contributed by atoms with Gasteiger partial charge in [0.2, 0.25) is 0 Å². The normalized spacial score (nSPS) is 10.2. The van der Waals surface area contributed by atoms with Crippen LogP contribution in [-0.2, 0) is 0 Å². The Morgan fingerprint density at radius 3 is 2.69 bits per heavy atom. The summed E-state index contributed by atoms with van der Waals surface area (Å²) < 4.78 is 13.5. The number of halogens is 2. The quantitative estimate of drug-likeness (QED) is 0.740. The van der Waals surface area contributed by atoms with Gasteiger partial charge in [-0.25, -0.2) is 9.37 Å². The number of aromatic nitrogens is 1. The Morgan fingerprint density at radius 2 is 2.00 bits per heavy atom. The summed E-state index contributed by atoms with van der Waals surface area (Å²) >= 11 is 5.78. The molecule has 2 aromatic rings. The molecule has 0 saturated carbocycles. The van der Waals surface area contributed by atoms with Gasteiger partial charge in [-0.15, -0.1) is 0 Å². The maximum Gasteiger partial charge on any atom is 0.146 e. The molecular formula is C12H10ClFN2. The lowest BCUT2D eigenvalue weighted by Crippen LogP contribution is -2.11. The van der Waals surface area contributed by atoms with Crippen molar-refractivity contribution in [1.29, 1.82) is 0 Å². The molecule has 0 aliphatic heterocycles. The third-order valence-corrected chi connectivity index (χ3v) is 2.52. The molecule has 0 saturated heterocycles. The number of pyridine rings is 1. The van der Waals surface area contributed by atoms with Crippen molar-refractivity contribution < 1.29 is 4.39 Å². The smallest absolute Gasteiger partial charge is 0.146 e. The van der Waals surface area contributed by atoms with E-state index in [9.17, 15) is 4.39 Å². The van der Waals surface area contributed by atoms with Crippen LogP contribution in [0, 0.1) is 5.82 Å². The first-order valence-corrected chi connectivity index (χ1v) is 5.16. The molecule has 0 aliphatic rings. The lowest BCUT2D eigenvalue weighted by molar-refractivity contribution is 0.627. The second-order valence-corrected chi connectivity index (χ2v) is 3.73. The highest BCUT2D eigenvalue weighted by Crippen LogP contribution is 2.26. The molecule has 1 aromatic heterocycles. The first-order chi connectivity index (χ1) is 7.68. The molecule has 0 unspecified atom stereocenters. The lowest BCUT2D eigenvalue weighted by Gasteiger charge is -2.19. The first-order valence-electron chi connectivity index (χ1n) is 4.78. The zero-order valence-corrected chi connectivity index (χ0v) is 9.45. The molecule has 16 heavy (non-hydrogen) atoms. The van der Waals surface area contributed by atoms with Gasteiger partial charge in [0.05, 0.1) is 5.69 Å². The van der Waals surface area contributed by atoms with Crippen LogP contribution in [0.25, 0.3) is 0 Å². The third-order valence-electron chi connectivity index (χ3n) is 2.31. The molecule has 0 bridgehead atoms. The fraction of sp³-hybridized carbons (Fsp3) is 0.0833. The third kappa shape index (κ3) is 2.14. The summed E-state index contributed by atoms with van der Waals surface area (Å²) in [5.41, 5.74) is 1.30. The monoisotopic (exact) mass is 236 g/mol. The van der Waals surface area contributed by atoms with Crippen LogP contribution in [0.3, 0.4) is 0 Å². The van der Waals surface area contributed by atoms with Crippen molar-refractivity contribution in [3.8, 4) is 0 Å². The average Bonchev–Trinajstić information content (AvgIpc) is 2.29. The highest BCUT2D eigenvalue weighted by Gasteiger charge is 2.08. The van der Waals surface area contributed by atoms with Gasteiger partial charge in [-0.1, -0.05) is 23.7 Å². The number of rotatable bonds is 2. The Bertz CT molecular complexity index is 502. The standard InChI is InChI=1S/C12H10ClFN2/c1-16(9-6-7-15-12(13)8-9)11-5-3-2-4-10(11)14/h2-8H,1H3. The highest BCUT2D eigenvalue weighted by molar-refractivity contribution is 6.29. The van der Waals surface area contributed by atoms with Crippen LogP contribution in [0.1, 0.15) is 0 Å². The van der Waals surface area contributed by atoms with Gasteiger partial charge in [-0.05, 0) is 24.3 Å². The predicted octanol–water partition coefficient (Wildman–Crippen LogP) is 3.64. The molecule has 0 spiro atoms. The van der Waals surface area contributed by atoms with Crippen molar-refractivity contribution in [2.24, 2.45) is 0 Å². The second kappa shape index (κ2) is 4.49. The zero-order valence-electron chi connectivity index (χ0n) is 8.69. The number of benzene rings is 1. The molecule has 2 rings (SSSR count). The summed E-state index contributed by atoms with van der Waals surface area (Å²) in [6, 6.07) is 10.1. The Morgan fingerprint density at radius 1 is 1.25 bits per heavy atom. The minimum Gasteiger partial charge on any atom is -0.342 e. The average molecular weight is 237 g/mol. The van der Waals surface area contributed by atoms with Gasteiger partial charge >= 0.3 is 0 Å². The molecule has 0 aliphatic carbocycles. The van der Waals surface area contributed by atoms with Gasteiger partial charge in [0.25, 0.3) is 0 Å². The van der Waals surface area contributed by atoms with Crippen molar-refractivity contribution in [2.45, 2.75) is 0 Å². The van der Waals surface area contributed by atoms with E-state index in [0.717, 1.165) is 5.69 Å². The Balaban J connectivity index is 2.39. The molecule has 1 heterocycles. The minimum absolute atomic E-state index is 0.266. The first kappa shape index (κ1) is 10.9. The molecule has 1 aromatic carbocycles. The molecule has 0 fully saturated rings. The van der Waals surface area contributed by atoms with Crippen molar-refractivity contribution >= 4 is 23.0 Å². The summed E-state index contributed by atoms with van der Waals surface area (Å²) in [6.45, 7) is 0. The Hall–Kier alpha value is -1.61. The largest absolute Gasteiger partial charge is 0.342 e. The number of anilines is 2. The van der Waals surface area contributed by atoms with E-state index >= 15 is 0 Å². The molecule has 2 nitrogen and oxygen atoms in total. The van der Waals surface area contributed by atoms with Gasteiger partial charge in [0.15, 0.2) is 0 Å². The molecule has 0 atom stereocenters. The van der Waals surface area contributed by atoms with Gasteiger partial charge in [0.1, 0.15) is 11.0 Å². The van der Waals surface area contributed by atoms with E-state index in [1.54, 1.807) is 48.5 Å². The van der Waals surface area contributed by atoms with Gasteiger partial charge < -0.3 is 4.90 Å².